The number of carbonyl (C=O) groups is 1. The molecule has 4 rings (SSSR count). The number of ether oxygens (including phenoxy) is 2. The van der Waals surface area contributed by atoms with Crippen molar-refractivity contribution < 1.29 is 18.7 Å². The molecule has 36 heavy (non-hydrogen) atoms. The number of rotatable bonds is 8. The Morgan fingerprint density at radius 2 is 1.94 bits per heavy atom. The summed E-state index contributed by atoms with van der Waals surface area (Å²) < 4.78 is 19.9. The first-order valence-electron chi connectivity index (χ1n) is 10.5. The quantitative estimate of drug-likeness (QED) is 0.111. The van der Waals surface area contributed by atoms with Crippen LogP contribution in [0.2, 0.25) is 10.0 Å². The average Bonchev–Trinajstić information content (AvgIpc) is 3.24. The Balaban J connectivity index is 1.48. The number of hydrogen-bond donors (Lipinski definition) is 1. The van der Waals surface area contributed by atoms with Crippen LogP contribution in [0.4, 0.5) is 0 Å². The Kier molecular flexibility index (Phi) is 9.21. The molecule has 1 heterocycles. The number of hydrazone groups is 1. The van der Waals surface area contributed by atoms with Gasteiger partial charge in [0.05, 0.1) is 20.9 Å². The molecule has 0 aliphatic rings. The van der Waals surface area contributed by atoms with Gasteiger partial charge in [0.15, 0.2) is 17.3 Å². The highest BCUT2D eigenvalue weighted by Crippen LogP contribution is 2.35. The third-order valence-electron chi connectivity index (χ3n) is 4.86. The Morgan fingerprint density at radius 3 is 2.69 bits per heavy atom. The fourth-order valence-electron chi connectivity index (χ4n) is 3.26. The molecule has 4 aromatic rings. The van der Waals surface area contributed by atoms with E-state index in [1.54, 1.807) is 24.3 Å². The normalized spacial score (nSPS) is 11.3. The highest BCUT2D eigenvalue weighted by atomic mass is 127. The average molecular weight is 767 g/mol. The molecule has 1 N–H and O–H groups in total. The summed E-state index contributed by atoms with van der Waals surface area (Å²) in [5.41, 5.74) is 4.60. The summed E-state index contributed by atoms with van der Waals surface area (Å²) in [6.07, 6.45) is 1.53. The van der Waals surface area contributed by atoms with Crippen molar-refractivity contribution in [1.82, 2.24) is 5.43 Å². The number of hydrogen-bond acceptors (Lipinski definition) is 5. The summed E-state index contributed by atoms with van der Waals surface area (Å²) in [6, 6.07) is 14.3. The van der Waals surface area contributed by atoms with Crippen molar-refractivity contribution >= 4 is 101 Å². The van der Waals surface area contributed by atoms with Crippen LogP contribution in [0, 0.1) is 3.57 Å². The molecule has 0 aliphatic heterocycles. The third kappa shape index (κ3) is 6.55. The molecule has 6 nitrogen and oxygen atoms in total. The maximum Gasteiger partial charge on any atom is 0.307 e. The van der Waals surface area contributed by atoms with Gasteiger partial charge < -0.3 is 13.9 Å². The highest BCUT2D eigenvalue weighted by Gasteiger charge is 2.15. The van der Waals surface area contributed by atoms with Gasteiger partial charge in [0.1, 0.15) is 12.2 Å². The van der Waals surface area contributed by atoms with E-state index in [1.165, 1.54) is 6.21 Å². The molecular weight excluding hydrogens is 750 g/mol. The summed E-state index contributed by atoms with van der Waals surface area (Å²) in [4.78, 5) is 12.5. The van der Waals surface area contributed by atoms with Gasteiger partial charge in [-0.2, -0.15) is 5.10 Å². The second-order valence-electron chi connectivity index (χ2n) is 7.40. The van der Waals surface area contributed by atoms with E-state index in [4.69, 9.17) is 37.1 Å². The number of nitrogens with zero attached hydrogens (tertiary/aromatic N) is 1. The Bertz CT molecular complexity index is 1480. The molecule has 1 aromatic heterocycles. The van der Waals surface area contributed by atoms with Crippen LogP contribution in [0.5, 0.6) is 11.5 Å². The zero-order chi connectivity index (χ0) is 25.8. The zero-order valence-corrected chi connectivity index (χ0v) is 25.4. The lowest BCUT2D eigenvalue weighted by atomic mass is 10.2. The molecule has 186 valence electrons. The lowest BCUT2D eigenvalue weighted by Crippen LogP contribution is -2.16. The van der Waals surface area contributed by atoms with Crippen LogP contribution in [0.25, 0.3) is 11.0 Å². The molecule has 0 aliphatic carbocycles. The Hall–Kier alpha value is -1.79. The number of halogens is 5. The van der Waals surface area contributed by atoms with E-state index in [2.05, 4.69) is 65.0 Å². The zero-order valence-electron chi connectivity index (χ0n) is 18.6. The van der Waals surface area contributed by atoms with Crippen LogP contribution in [0.1, 0.15) is 28.6 Å². The molecule has 0 radical (unpaired) electrons. The van der Waals surface area contributed by atoms with Crippen molar-refractivity contribution in [2.45, 2.75) is 13.5 Å². The van der Waals surface area contributed by atoms with Crippen molar-refractivity contribution in [3.8, 4) is 11.5 Å². The smallest absolute Gasteiger partial charge is 0.307 e. The summed E-state index contributed by atoms with van der Waals surface area (Å²) in [7, 11) is 0. The van der Waals surface area contributed by atoms with Crippen molar-refractivity contribution in [3.05, 3.63) is 88.0 Å². The molecule has 0 bridgehead atoms. The van der Waals surface area contributed by atoms with E-state index in [9.17, 15) is 4.79 Å². The minimum Gasteiger partial charge on any atom is -0.490 e. The third-order valence-corrected chi connectivity index (χ3v) is 7.29. The fourth-order valence-corrected chi connectivity index (χ4v) is 5.85. The number of amides is 1. The van der Waals surface area contributed by atoms with Crippen LogP contribution in [-0.2, 0) is 6.61 Å². The van der Waals surface area contributed by atoms with E-state index in [0.717, 1.165) is 29.0 Å². The van der Waals surface area contributed by atoms with Gasteiger partial charge in [0.25, 0.3) is 0 Å². The molecule has 0 saturated carbocycles. The Morgan fingerprint density at radius 1 is 1.14 bits per heavy atom. The molecule has 11 heteroatoms. The monoisotopic (exact) mass is 764 g/mol. The van der Waals surface area contributed by atoms with E-state index in [0.29, 0.717) is 33.7 Å². The largest absolute Gasteiger partial charge is 0.490 e. The van der Waals surface area contributed by atoms with Gasteiger partial charge in [0, 0.05) is 25.5 Å². The first-order chi connectivity index (χ1) is 17.2. The van der Waals surface area contributed by atoms with Crippen molar-refractivity contribution in [2.24, 2.45) is 5.10 Å². The summed E-state index contributed by atoms with van der Waals surface area (Å²) in [5, 5.41) is 5.95. The first-order valence-corrected chi connectivity index (χ1v) is 13.9. The number of benzene rings is 3. The van der Waals surface area contributed by atoms with Gasteiger partial charge >= 0.3 is 5.91 Å². The number of fused-ring (bicyclic) bond motifs is 1. The van der Waals surface area contributed by atoms with Gasteiger partial charge in [-0.3, -0.25) is 4.79 Å². The maximum absolute atomic E-state index is 12.5. The van der Waals surface area contributed by atoms with Crippen molar-refractivity contribution in [3.63, 3.8) is 0 Å². The summed E-state index contributed by atoms with van der Waals surface area (Å²) in [6.45, 7) is 2.58. The number of nitrogens with one attached hydrogen (secondary N) is 1. The molecule has 0 spiro atoms. The van der Waals surface area contributed by atoms with Crippen LogP contribution < -0.4 is 14.9 Å². The predicted octanol–water partition coefficient (Wildman–Crippen LogP) is 8.61. The van der Waals surface area contributed by atoms with Crippen LogP contribution >= 0.6 is 77.7 Å². The fraction of sp³-hybridized carbons (Fsp3) is 0.120. The summed E-state index contributed by atoms with van der Waals surface area (Å²) >= 11 is 21.3. The summed E-state index contributed by atoms with van der Waals surface area (Å²) in [5.74, 6) is 0.818. The van der Waals surface area contributed by atoms with Crippen molar-refractivity contribution in [1.29, 1.82) is 0 Å². The lowest BCUT2D eigenvalue weighted by Gasteiger charge is -2.15. The van der Waals surface area contributed by atoms with Crippen LogP contribution in [-0.4, -0.2) is 18.7 Å². The molecule has 0 saturated heterocycles. The molecular formula is C25H17Br2Cl2IN2O4. The van der Waals surface area contributed by atoms with Gasteiger partial charge in [-0.25, -0.2) is 5.43 Å². The predicted molar refractivity (Wildman–Crippen MR) is 158 cm³/mol. The minimum absolute atomic E-state index is 0.148. The standard InChI is InChI=1S/C25H17Br2Cl2IN2O4/c1-2-34-21-6-13(5-20(30)24(21)35-12-14-3-4-17(28)10-19(14)29)11-31-32-25(33)22-8-15-7-16(26)9-18(27)23(15)36-22/h3-11H,2,12H2,1H3,(H,32,33)/b31-11-. The topological polar surface area (TPSA) is 73.1 Å². The van der Waals surface area contributed by atoms with Crippen LogP contribution in [0.3, 0.4) is 0 Å². The van der Waals surface area contributed by atoms with Gasteiger partial charge in [-0.1, -0.05) is 45.2 Å². The van der Waals surface area contributed by atoms with E-state index < -0.39 is 5.91 Å². The number of furan rings is 1. The molecule has 0 unspecified atom stereocenters. The first kappa shape index (κ1) is 27.3. The highest BCUT2D eigenvalue weighted by molar-refractivity contribution is 14.1. The van der Waals surface area contributed by atoms with E-state index in [-0.39, 0.29) is 12.4 Å². The number of carbonyl (C=O) groups excluding carboxylic acids is 1. The Labute approximate surface area is 247 Å². The minimum atomic E-state index is -0.468. The van der Waals surface area contributed by atoms with Crippen molar-refractivity contribution in [2.75, 3.05) is 6.61 Å². The molecule has 0 atom stereocenters. The van der Waals surface area contributed by atoms with Gasteiger partial charge in [-0.15, -0.1) is 0 Å². The lowest BCUT2D eigenvalue weighted by molar-refractivity contribution is 0.0929. The molecule has 3 aromatic carbocycles. The van der Waals surface area contributed by atoms with E-state index >= 15 is 0 Å². The van der Waals surface area contributed by atoms with Gasteiger partial charge in [-0.05, 0) is 93.5 Å². The second kappa shape index (κ2) is 12.2. The molecule has 0 fully saturated rings. The maximum atomic E-state index is 12.5. The van der Waals surface area contributed by atoms with Gasteiger partial charge in [0.2, 0.25) is 0 Å². The molecule has 1 amide bonds. The SMILES string of the molecule is CCOc1cc(/C=N\NC(=O)c2cc3cc(Br)cc(Br)c3o2)cc(I)c1OCc1ccc(Cl)cc1Cl. The van der Waals surface area contributed by atoms with E-state index in [1.807, 2.05) is 31.2 Å². The second-order valence-corrected chi connectivity index (χ2v) is 11.2. The van der Waals surface area contributed by atoms with Crippen LogP contribution in [0.15, 0.2) is 67.0 Å².